The molecule has 0 aromatic heterocycles. The van der Waals surface area contributed by atoms with Crippen LogP contribution in [0.3, 0.4) is 0 Å². The first-order valence-corrected chi connectivity index (χ1v) is 14.8. The average Bonchev–Trinajstić information content (AvgIpc) is 2.47. The molecule has 0 rings (SSSR count). The van der Waals surface area contributed by atoms with Crippen molar-refractivity contribution in [3.8, 4) is 0 Å². The smallest absolute Gasteiger partial charge is 0.155 e. The van der Waals surface area contributed by atoms with E-state index in [1.807, 2.05) is 0 Å². The van der Waals surface area contributed by atoms with E-state index in [-0.39, 0.29) is 56.0 Å². The second-order valence-electron chi connectivity index (χ2n) is 8.30. The first-order chi connectivity index (χ1) is 12.2. The van der Waals surface area contributed by atoms with Crippen molar-refractivity contribution < 1.29 is 18.9 Å². The molecule has 0 heterocycles. The second-order valence-corrected chi connectivity index (χ2v) is 12.3. The lowest BCUT2D eigenvalue weighted by molar-refractivity contribution is -0.170. The summed E-state index contributed by atoms with van der Waals surface area (Å²) < 4.78 is 23.5. The highest BCUT2D eigenvalue weighted by molar-refractivity contribution is 6.36. The van der Waals surface area contributed by atoms with Gasteiger partial charge in [0.1, 0.15) is 0 Å². The lowest BCUT2D eigenvalue weighted by Gasteiger charge is -2.23. The van der Waals surface area contributed by atoms with Crippen LogP contribution >= 0.6 is 0 Å². The van der Waals surface area contributed by atoms with Gasteiger partial charge < -0.3 is 18.9 Å². The summed E-state index contributed by atoms with van der Waals surface area (Å²) in [6.07, 6.45) is 3.74. The molecular weight excluding hydrogens is 360 g/mol. The first kappa shape index (κ1) is 26.3. The van der Waals surface area contributed by atoms with Crippen molar-refractivity contribution in [1.29, 1.82) is 0 Å². The Morgan fingerprint density at radius 1 is 0.500 bits per heavy atom. The van der Waals surface area contributed by atoms with Gasteiger partial charge in [-0.05, 0) is 67.5 Å². The lowest BCUT2D eigenvalue weighted by atomic mass is 10.4. The second kappa shape index (κ2) is 16.2. The van der Waals surface area contributed by atoms with E-state index in [1.165, 1.54) is 24.9 Å². The molecule has 0 spiro atoms. The molecule has 6 heteroatoms. The van der Waals surface area contributed by atoms with Crippen LogP contribution in [0.4, 0.5) is 0 Å². The fourth-order valence-electron chi connectivity index (χ4n) is 2.88. The molecular formula is C20H46O4Si2. The van der Waals surface area contributed by atoms with Crippen molar-refractivity contribution in [2.75, 3.05) is 0 Å². The summed E-state index contributed by atoms with van der Waals surface area (Å²) in [5.41, 5.74) is 0. The van der Waals surface area contributed by atoms with Gasteiger partial charge in [0.2, 0.25) is 0 Å². The third kappa shape index (κ3) is 17.7. The van der Waals surface area contributed by atoms with Crippen LogP contribution in [0.5, 0.6) is 0 Å². The SMILES string of the molecule is CC(C)OC(C[SiH2]CCCC[SiH2]CC(OC(C)C)OC(C)C)OC(C)C. The molecule has 4 nitrogen and oxygen atoms in total. The minimum Gasteiger partial charge on any atom is -0.350 e. The van der Waals surface area contributed by atoms with Crippen molar-refractivity contribution in [2.45, 2.75) is 129 Å². The Kier molecular flexibility index (Phi) is 16.4. The monoisotopic (exact) mass is 406 g/mol. The lowest BCUT2D eigenvalue weighted by Crippen LogP contribution is -2.25. The van der Waals surface area contributed by atoms with Crippen molar-refractivity contribution >= 4 is 19.0 Å². The van der Waals surface area contributed by atoms with Crippen LogP contribution in [0.15, 0.2) is 0 Å². The highest BCUT2D eigenvalue weighted by Gasteiger charge is 2.14. The van der Waals surface area contributed by atoms with E-state index >= 15 is 0 Å². The number of ether oxygens (including phenoxy) is 4. The molecule has 0 aliphatic rings. The Balaban J connectivity index is 3.77. The van der Waals surface area contributed by atoms with Gasteiger partial charge in [0, 0.05) is 19.0 Å². The largest absolute Gasteiger partial charge is 0.350 e. The molecule has 158 valence electrons. The Morgan fingerprint density at radius 2 is 0.769 bits per heavy atom. The molecule has 0 fully saturated rings. The molecule has 0 aliphatic heterocycles. The van der Waals surface area contributed by atoms with E-state index in [0.29, 0.717) is 0 Å². The maximum Gasteiger partial charge on any atom is 0.155 e. The van der Waals surface area contributed by atoms with Crippen LogP contribution in [-0.2, 0) is 18.9 Å². The van der Waals surface area contributed by atoms with Crippen molar-refractivity contribution in [3.05, 3.63) is 0 Å². The first-order valence-electron chi connectivity index (χ1n) is 10.8. The fraction of sp³-hybridized carbons (Fsp3) is 1.00. The van der Waals surface area contributed by atoms with Crippen LogP contribution < -0.4 is 0 Å². The van der Waals surface area contributed by atoms with E-state index in [9.17, 15) is 0 Å². The van der Waals surface area contributed by atoms with Crippen LogP contribution in [0.1, 0.15) is 68.2 Å². The van der Waals surface area contributed by atoms with Gasteiger partial charge in [-0.15, -0.1) is 0 Å². The zero-order valence-corrected chi connectivity index (χ0v) is 21.6. The zero-order chi connectivity index (χ0) is 19.9. The summed E-state index contributed by atoms with van der Waals surface area (Å²) in [6, 6.07) is 5.09. The van der Waals surface area contributed by atoms with Crippen molar-refractivity contribution in [3.63, 3.8) is 0 Å². The average molecular weight is 407 g/mol. The molecule has 0 aromatic carbocycles. The quantitative estimate of drug-likeness (QED) is 0.207. The topological polar surface area (TPSA) is 36.9 Å². The molecule has 0 atom stereocenters. The van der Waals surface area contributed by atoms with Crippen LogP contribution in [0.25, 0.3) is 0 Å². The fourth-order valence-corrected chi connectivity index (χ4v) is 6.08. The van der Waals surface area contributed by atoms with Gasteiger partial charge >= 0.3 is 0 Å². The molecule has 0 N–H and O–H groups in total. The van der Waals surface area contributed by atoms with Gasteiger partial charge in [-0.1, -0.05) is 24.9 Å². The molecule has 0 saturated carbocycles. The number of hydrogen-bond donors (Lipinski definition) is 0. The van der Waals surface area contributed by atoms with Gasteiger partial charge in [0.15, 0.2) is 12.6 Å². The van der Waals surface area contributed by atoms with Crippen LogP contribution in [0.2, 0.25) is 24.2 Å². The van der Waals surface area contributed by atoms with Crippen LogP contribution in [-0.4, -0.2) is 56.0 Å². The van der Waals surface area contributed by atoms with E-state index in [4.69, 9.17) is 18.9 Å². The molecule has 0 aliphatic carbocycles. The summed E-state index contributed by atoms with van der Waals surface area (Å²) in [6.45, 7) is 16.7. The van der Waals surface area contributed by atoms with Gasteiger partial charge in [-0.3, -0.25) is 0 Å². The molecule has 0 aromatic rings. The highest BCUT2D eigenvalue weighted by atomic mass is 28.2. The third-order valence-corrected chi connectivity index (χ3v) is 7.58. The van der Waals surface area contributed by atoms with E-state index in [1.54, 1.807) is 0 Å². The standard InChI is InChI=1S/C20H46O4Si2/c1-15(2)21-19(22-16(3)4)13-25-11-9-10-12-26-14-20(23-17(5)6)24-18(7)8/h15-20H,9-14,25-26H2,1-8H3. The predicted octanol–water partition coefficient (Wildman–Crippen LogP) is 4.13. The third-order valence-electron chi connectivity index (χ3n) is 3.83. The minimum absolute atomic E-state index is 0.0122. The Labute approximate surface area is 167 Å². The van der Waals surface area contributed by atoms with Gasteiger partial charge in [-0.25, -0.2) is 0 Å². The van der Waals surface area contributed by atoms with Crippen molar-refractivity contribution in [2.24, 2.45) is 0 Å². The molecule has 26 heavy (non-hydrogen) atoms. The Bertz CT molecular complexity index is 262. The van der Waals surface area contributed by atoms with E-state index in [2.05, 4.69) is 55.4 Å². The highest BCUT2D eigenvalue weighted by Crippen LogP contribution is 2.13. The van der Waals surface area contributed by atoms with Crippen LogP contribution in [0, 0.1) is 0 Å². The molecule has 0 unspecified atom stereocenters. The minimum atomic E-state index is -0.0862. The normalized spacial score (nSPS) is 13.6. The molecule has 0 saturated heterocycles. The number of unbranched alkanes of at least 4 members (excludes halogenated alkanes) is 1. The maximum atomic E-state index is 5.89. The summed E-state index contributed by atoms with van der Waals surface area (Å²) >= 11 is 0. The number of rotatable bonds is 17. The summed E-state index contributed by atoms with van der Waals surface area (Å²) in [5.74, 6) is 0. The Hall–Kier alpha value is 0.274. The van der Waals surface area contributed by atoms with E-state index in [0.717, 1.165) is 12.1 Å². The van der Waals surface area contributed by atoms with Gasteiger partial charge in [0.05, 0.1) is 24.4 Å². The van der Waals surface area contributed by atoms with Gasteiger partial charge in [0.25, 0.3) is 0 Å². The summed E-state index contributed by atoms with van der Waals surface area (Å²) in [5, 5.41) is 0. The molecule has 0 bridgehead atoms. The Morgan fingerprint density at radius 3 is 1.00 bits per heavy atom. The predicted molar refractivity (Wildman–Crippen MR) is 118 cm³/mol. The van der Waals surface area contributed by atoms with Crippen molar-refractivity contribution in [1.82, 2.24) is 0 Å². The molecule has 0 radical (unpaired) electrons. The maximum absolute atomic E-state index is 5.89. The van der Waals surface area contributed by atoms with Gasteiger partial charge in [-0.2, -0.15) is 0 Å². The summed E-state index contributed by atoms with van der Waals surface area (Å²) in [4.78, 5) is 0. The van der Waals surface area contributed by atoms with E-state index < -0.39 is 0 Å². The molecule has 0 amide bonds. The number of hydrogen-bond acceptors (Lipinski definition) is 4. The zero-order valence-electron chi connectivity index (χ0n) is 18.8. The summed E-state index contributed by atoms with van der Waals surface area (Å²) in [7, 11) is -0.172.